The Kier molecular flexibility index (Phi) is 5.07. The van der Waals surface area contributed by atoms with E-state index in [4.69, 9.17) is 4.42 Å². The second kappa shape index (κ2) is 7.52. The van der Waals surface area contributed by atoms with Crippen LogP contribution in [0.25, 0.3) is 11.1 Å². The summed E-state index contributed by atoms with van der Waals surface area (Å²) in [5.74, 6) is -0.209. The third kappa shape index (κ3) is 3.88. The van der Waals surface area contributed by atoms with Crippen LogP contribution in [0.4, 0.5) is 10.4 Å². The van der Waals surface area contributed by atoms with E-state index in [1.807, 2.05) is 24.3 Å². The van der Waals surface area contributed by atoms with Crippen molar-refractivity contribution in [1.29, 1.82) is 0 Å². The number of aromatic nitrogens is 1. The van der Waals surface area contributed by atoms with Crippen LogP contribution in [0.2, 0.25) is 0 Å². The fourth-order valence-electron chi connectivity index (χ4n) is 3.54. The van der Waals surface area contributed by atoms with Gasteiger partial charge in [-0.15, -0.1) is 0 Å². The topological polar surface area (TPSA) is 75.4 Å². The molecule has 0 bridgehead atoms. The number of hydrogen-bond donors (Lipinski definition) is 1. The number of benzene rings is 2. The number of fused-ring (bicyclic) bond motifs is 1. The van der Waals surface area contributed by atoms with Crippen molar-refractivity contribution < 1.29 is 17.2 Å². The number of piperidine rings is 1. The summed E-state index contributed by atoms with van der Waals surface area (Å²) in [4.78, 5) is 6.74. The number of oxazole rings is 1. The molecular weight excluding hydrogens is 381 g/mol. The molecule has 0 radical (unpaired) electrons. The quantitative estimate of drug-likeness (QED) is 0.706. The van der Waals surface area contributed by atoms with Gasteiger partial charge in [0.2, 0.25) is 10.0 Å². The fraction of sp³-hybridized carbons (Fsp3) is 0.350. The summed E-state index contributed by atoms with van der Waals surface area (Å²) in [5, 5.41) is 0. The van der Waals surface area contributed by atoms with Crippen LogP contribution in [0.1, 0.15) is 18.4 Å². The third-order valence-corrected chi connectivity index (χ3v) is 6.74. The molecule has 0 saturated carbocycles. The van der Waals surface area contributed by atoms with Crippen molar-refractivity contribution in [3.8, 4) is 0 Å². The Bertz CT molecular complexity index is 1060. The molecule has 1 saturated heterocycles. The molecule has 0 spiro atoms. The van der Waals surface area contributed by atoms with Gasteiger partial charge >= 0.3 is 0 Å². The summed E-state index contributed by atoms with van der Waals surface area (Å²) in [6.07, 6.45) is 1.67. The van der Waals surface area contributed by atoms with E-state index in [0.717, 1.165) is 37.0 Å². The predicted molar refractivity (Wildman–Crippen MR) is 105 cm³/mol. The average Bonchev–Trinajstić information content (AvgIpc) is 3.11. The fourth-order valence-corrected chi connectivity index (χ4v) is 4.88. The van der Waals surface area contributed by atoms with E-state index < -0.39 is 15.8 Å². The number of anilines is 1. The molecule has 3 aromatic rings. The zero-order valence-electron chi connectivity index (χ0n) is 15.6. The van der Waals surface area contributed by atoms with Gasteiger partial charge in [-0.3, -0.25) is 0 Å². The molecule has 1 N–H and O–H groups in total. The zero-order chi connectivity index (χ0) is 19.7. The Morgan fingerprint density at radius 1 is 1.21 bits per heavy atom. The summed E-state index contributed by atoms with van der Waals surface area (Å²) in [5.41, 5.74) is 2.00. The molecule has 6 nitrogen and oxygen atoms in total. The SMILES string of the molecule is Cc1cc(F)ccc1S(=O)(=O)NCC1CCN(c2nc3ccccc3o2)CC1. The lowest BCUT2D eigenvalue weighted by Crippen LogP contribution is -2.38. The highest BCUT2D eigenvalue weighted by molar-refractivity contribution is 7.89. The van der Waals surface area contributed by atoms with Gasteiger partial charge < -0.3 is 9.32 Å². The Hall–Kier alpha value is -2.45. The maximum atomic E-state index is 13.2. The van der Waals surface area contributed by atoms with Gasteiger partial charge in [-0.1, -0.05) is 12.1 Å². The molecular formula is C20H22FN3O3S. The number of hydrogen-bond acceptors (Lipinski definition) is 5. The first kappa shape index (κ1) is 18.9. The van der Waals surface area contributed by atoms with Crippen LogP contribution in [0.15, 0.2) is 51.8 Å². The number of rotatable bonds is 5. The molecule has 4 rings (SSSR count). The van der Waals surface area contributed by atoms with Crippen LogP contribution in [0, 0.1) is 18.7 Å². The second-order valence-electron chi connectivity index (χ2n) is 7.16. The van der Waals surface area contributed by atoms with Gasteiger partial charge in [0, 0.05) is 19.6 Å². The van der Waals surface area contributed by atoms with Crippen molar-refractivity contribution >= 4 is 27.1 Å². The van der Waals surface area contributed by atoms with Crippen LogP contribution in [-0.2, 0) is 10.0 Å². The monoisotopic (exact) mass is 403 g/mol. The molecule has 1 aliphatic heterocycles. The van der Waals surface area contributed by atoms with Crippen LogP contribution in [0.5, 0.6) is 0 Å². The summed E-state index contributed by atoms with van der Waals surface area (Å²) in [6.45, 7) is 3.47. The Morgan fingerprint density at radius 3 is 2.68 bits per heavy atom. The zero-order valence-corrected chi connectivity index (χ0v) is 16.4. The van der Waals surface area contributed by atoms with Crippen molar-refractivity contribution in [3.05, 3.63) is 53.8 Å². The van der Waals surface area contributed by atoms with Gasteiger partial charge in [-0.05, 0) is 61.6 Å². The smallest absolute Gasteiger partial charge is 0.298 e. The summed E-state index contributed by atoms with van der Waals surface area (Å²) in [7, 11) is -3.65. The number of para-hydroxylation sites is 2. The minimum Gasteiger partial charge on any atom is -0.423 e. The van der Waals surface area contributed by atoms with Crippen LogP contribution in [-0.4, -0.2) is 33.0 Å². The molecule has 2 heterocycles. The van der Waals surface area contributed by atoms with Gasteiger partial charge in [0.1, 0.15) is 11.3 Å². The predicted octanol–water partition coefficient (Wildman–Crippen LogP) is 3.47. The van der Waals surface area contributed by atoms with Crippen LogP contribution >= 0.6 is 0 Å². The molecule has 0 amide bonds. The standard InChI is InChI=1S/C20H22FN3O3S/c1-14-12-16(21)6-7-19(14)28(25,26)22-13-15-8-10-24(11-9-15)20-23-17-4-2-3-5-18(17)27-20/h2-7,12,15,22H,8-11,13H2,1H3. The molecule has 2 aromatic carbocycles. The van der Waals surface area contributed by atoms with E-state index in [1.165, 1.54) is 18.2 Å². The summed E-state index contributed by atoms with van der Waals surface area (Å²) >= 11 is 0. The molecule has 1 aliphatic rings. The number of sulfonamides is 1. The average molecular weight is 403 g/mol. The highest BCUT2D eigenvalue weighted by Gasteiger charge is 2.25. The van der Waals surface area contributed by atoms with E-state index in [2.05, 4.69) is 14.6 Å². The Morgan fingerprint density at radius 2 is 1.96 bits per heavy atom. The molecule has 148 valence electrons. The van der Waals surface area contributed by atoms with Crippen molar-refractivity contribution in [2.75, 3.05) is 24.5 Å². The highest BCUT2D eigenvalue weighted by Crippen LogP contribution is 2.26. The van der Waals surface area contributed by atoms with Crippen molar-refractivity contribution in [2.24, 2.45) is 5.92 Å². The lowest BCUT2D eigenvalue weighted by atomic mass is 9.97. The second-order valence-corrected chi connectivity index (χ2v) is 8.89. The molecule has 0 unspecified atom stereocenters. The first-order chi connectivity index (χ1) is 13.4. The minimum atomic E-state index is -3.65. The molecule has 0 atom stereocenters. The Labute approximate surface area is 163 Å². The largest absolute Gasteiger partial charge is 0.423 e. The van der Waals surface area contributed by atoms with Crippen LogP contribution < -0.4 is 9.62 Å². The number of halogens is 1. The van der Waals surface area contributed by atoms with Crippen molar-refractivity contribution in [1.82, 2.24) is 9.71 Å². The minimum absolute atomic E-state index is 0.123. The van der Waals surface area contributed by atoms with E-state index >= 15 is 0 Å². The molecule has 1 aromatic heterocycles. The van der Waals surface area contributed by atoms with Gasteiger partial charge in [-0.25, -0.2) is 17.5 Å². The third-order valence-electron chi connectivity index (χ3n) is 5.16. The first-order valence-electron chi connectivity index (χ1n) is 9.29. The first-order valence-corrected chi connectivity index (χ1v) is 10.8. The highest BCUT2D eigenvalue weighted by atomic mass is 32.2. The van der Waals surface area contributed by atoms with Crippen molar-refractivity contribution in [3.63, 3.8) is 0 Å². The lowest BCUT2D eigenvalue weighted by Gasteiger charge is -2.30. The van der Waals surface area contributed by atoms with Crippen LogP contribution in [0.3, 0.4) is 0 Å². The van der Waals surface area contributed by atoms with E-state index in [0.29, 0.717) is 18.1 Å². The molecule has 28 heavy (non-hydrogen) atoms. The lowest BCUT2D eigenvalue weighted by molar-refractivity contribution is 0.387. The number of nitrogens with one attached hydrogen (secondary N) is 1. The number of aryl methyl sites for hydroxylation is 1. The van der Waals surface area contributed by atoms with Gasteiger partial charge in [0.05, 0.1) is 4.90 Å². The summed E-state index contributed by atoms with van der Waals surface area (Å²) in [6, 6.07) is 12.0. The summed E-state index contributed by atoms with van der Waals surface area (Å²) < 4.78 is 46.8. The van der Waals surface area contributed by atoms with Gasteiger partial charge in [0.15, 0.2) is 5.58 Å². The Balaban J connectivity index is 1.35. The number of nitrogens with zero attached hydrogens (tertiary/aromatic N) is 2. The van der Waals surface area contributed by atoms with Gasteiger partial charge in [0.25, 0.3) is 6.01 Å². The molecule has 1 fully saturated rings. The van der Waals surface area contributed by atoms with Gasteiger partial charge in [-0.2, -0.15) is 4.98 Å². The molecule has 8 heteroatoms. The molecule has 0 aliphatic carbocycles. The maximum Gasteiger partial charge on any atom is 0.298 e. The van der Waals surface area contributed by atoms with Crippen molar-refractivity contribution in [2.45, 2.75) is 24.7 Å². The van der Waals surface area contributed by atoms with E-state index in [1.54, 1.807) is 6.92 Å². The van der Waals surface area contributed by atoms with E-state index in [-0.39, 0.29) is 10.8 Å². The van der Waals surface area contributed by atoms with E-state index in [9.17, 15) is 12.8 Å². The normalized spacial score (nSPS) is 16.0. The maximum absolute atomic E-state index is 13.2.